The van der Waals surface area contributed by atoms with E-state index in [1.165, 1.54) is 0 Å². The number of aromatic nitrogens is 2. The summed E-state index contributed by atoms with van der Waals surface area (Å²) in [5.74, 6) is 1.37. The number of ether oxygens (including phenoxy) is 1. The Kier molecular flexibility index (Phi) is 4.79. The van der Waals surface area contributed by atoms with Crippen LogP contribution in [-0.2, 0) is 0 Å². The smallest absolute Gasteiger partial charge is 0.228 e. The molecule has 1 N–H and O–H groups in total. The number of anilines is 2. The van der Waals surface area contributed by atoms with E-state index in [1.807, 2.05) is 91.0 Å². The maximum absolute atomic E-state index is 5.21. The van der Waals surface area contributed by atoms with Crippen LogP contribution in [0.2, 0.25) is 0 Å². The zero-order valence-corrected chi connectivity index (χ0v) is 15.0. The van der Waals surface area contributed by atoms with E-state index in [9.17, 15) is 0 Å². The Morgan fingerprint density at radius 3 is 1.67 bits per heavy atom. The highest BCUT2D eigenvalue weighted by Crippen LogP contribution is 2.26. The van der Waals surface area contributed by atoms with Crippen LogP contribution in [0.15, 0.2) is 91.0 Å². The van der Waals surface area contributed by atoms with Crippen molar-refractivity contribution in [2.45, 2.75) is 0 Å². The lowest BCUT2D eigenvalue weighted by Gasteiger charge is -2.11. The summed E-state index contributed by atoms with van der Waals surface area (Å²) in [6, 6.07) is 30.0. The second-order valence-corrected chi connectivity index (χ2v) is 6.05. The molecular formula is C23H19N3O. The van der Waals surface area contributed by atoms with E-state index < -0.39 is 0 Å². The summed E-state index contributed by atoms with van der Waals surface area (Å²) >= 11 is 0. The van der Waals surface area contributed by atoms with Crippen LogP contribution in [0.4, 0.5) is 11.6 Å². The molecule has 0 bridgehead atoms. The number of methoxy groups -OCH3 is 1. The number of rotatable bonds is 5. The third kappa shape index (κ3) is 3.96. The van der Waals surface area contributed by atoms with Gasteiger partial charge in [0.15, 0.2) is 0 Å². The van der Waals surface area contributed by atoms with E-state index in [-0.39, 0.29) is 0 Å². The fraction of sp³-hybridized carbons (Fsp3) is 0.0435. The molecule has 0 aliphatic rings. The Labute approximate surface area is 158 Å². The van der Waals surface area contributed by atoms with Gasteiger partial charge in [-0.05, 0) is 30.3 Å². The van der Waals surface area contributed by atoms with Gasteiger partial charge in [0, 0.05) is 16.8 Å². The van der Waals surface area contributed by atoms with Crippen LogP contribution < -0.4 is 10.1 Å². The van der Waals surface area contributed by atoms with Crippen molar-refractivity contribution in [1.29, 1.82) is 0 Å². The lowest BCUT2D eigenvalue weighted by Crippen LogP contribution is -2.00. The normalized spacial score (nSPS) is 10.4. The van der Waals surface area contributed by atoms with Gasteiger partial charge in [0.2, 0.25) is 5.95 Å². The molecule has 1 aromatic heterocycles. The molecule has 132 valence electrons. The SMILES string of the molecule is COc1ccc(Nc2nc(-c3ccccc3)cc(-c3ccccc3)n2)cc1. The van der Waals surface area contributed by atoms with Gasteiger partial charge in [-0.25, -0.2) is 9.97 Å². The minimum atomic E-state index is 0.556. The second-order valence-electron chi connectivity index (χ2n) is 6.05. The van der Waals surface area contributed by atoms with Gasteiger partial charge in [0.05, 0.1) is 18.5 Å². The average Bonchev–Trinajstić information content (AvgIpc) is 2.75. The van der Waals surface area contributed by atoms with Crippen molar-refractivity contribution in [3.63, 3.8) is 0 Å². The van der Waals surface area contributed by atoms with Crippen molar-refractivity contribution in [2.75, 3.05) is 12.4 Å². The molecule has 0 amide bonds. The van der Waals surface area contributed by atoms with Crippen molar-refractivity contribution < 1.29 is 4.74 Å². The topological polar surface area (TPSA) is 47.0 Å². The Balaban J connectivity index is 1.75. The molecule has 0 atom stereocenters. The van der Waals surface area contributed by atoms with Crippen molar-refractivity contribution in [1.82, 2.24) is 9.97 Å². The van der Waals surface area contributed by atoms with Crippen molar-refractivity contribution >= 4 is 11.6 Å². The van der Waals surface area contributed by atoms with Gasteiger partial charge in [-0.15, -0.1) is 0 Å². The van der Waals surface area contributed by atoms with E-state index in [2.05, 4.69) is 5.32 Å². The molecule has 0 radical (unpaired) electrons. The van der Waals surface area contributed by atoms with Crippen LogP contribution in [0.1, 0.15) is 0 Å². The highest BCUT2D eigenvalue weighted by Gasteiger charge is 2.09. The first-order valence-corrected chi connectivity index (χ1v) is 8.73. The highest BCUT2D eigenvalue weighted by atomic mass is 16.5. The minimum absolute atomic E-state index is 0.556. The van der Waals surface area contributed by atoms with Crippen LogP contribution in [0.25, 0.3) is 22.5 Å². The zero-order chi connectivity index (χ0) is 18.5. The minimum Gasteiger partial charge on any atom is -0.497 e. The monoisotopic (exact) mass is 353 g/mol. The summed E-state index contributed by atoms with van der Waals surface area (Å²) in [5, 5.41) is 3.30. The van der Waals surface area contributed by atoms with Gasteiger partial charge in [-0.3, -0.25) is 0 Å². The molecule has 0 aliphatic carbocycles. The molecular weight excluding hydrogens is 334 g/mol. The fourth-order valence-electron chi connectivity index (χ4n) is 2.82. The Bertz CT molecular complexity index is 959. The third-order valence-electron chi connectivity index (χ3n) is 4.21. The maximum Gasteiger partial charge on any atom is 0.228 e. The summed E-state index contributed by atoms with van der Waals surface area (Å²) in [6.45, 7) is 0. The molecule has 4 heteroatoms. The van der Waals surface area contributed by atoms with Crippen molar-refractivity contribution in [2.24, 2.45) is 0 Å². The molecule has 0 fully saturated rings. The molecule has 0 aliphatic heterocycles. The molecule has 4 aromatic rings. The van der Waals surface area contributed by atoms with Gasteiger partial charge >= 0.3 is 0 Å². The van der Waals surface area contributed by atoms with E-state index >= 15 is 0 Å². The average molecular weight is 353 g/mol. The lowest BCUT2D eigenvalue weighted by atomic mass is 10.1. The first-order chi connectivity index (χ1) is 13.3. The molecule has 3 aromatic carbocycles. The number of hydrogen-bond acceptors (Lipinski definition) is 4. The fourth-order valence-corrected chi connectivity index (χ4v) is 2.82. The molecule has 27 heavy (non-hydrogen) atoms. The molecule has 4 rings (SSSR count). The maximum atomic E-state index is 5.21. The second kappa shape index (κ2) is 7.70. The lowest BCUT2D eigenvalue weighted by molar-refractivity contribution is 0.415. The zero-order valence-electron chi connectivity index (χ0n) is 15.0. The number of benzene rings is 3. The standard InChI is InChI=1S/C23H19N3O/c1-27-20-14-12-19(13-15-20)24-23-25-21(17-8-4-2-5-9-17)16-22(26-23)18-10-6-3-7-11-18/h2-16H,1H3,(H,24,25,26). The van der Waals surface area contributed by atoms with E-state index in [4.69, 9.17) is 14.7 Å². The number of nitrogens with one attached hydrogen (secondary N) is 1. The third-order valence-corrected chi connectivity index (χ3v) is 4.21. The highest BCUT2D eigenvalue weighted by molar-refractivity contribution is 5.70. The van der Waals surface area contributed by atoms with Crippen molar-refractivity contribution in [3.05, 3.63) is 91.0 Å². The van der Waals surface area contributed by atoms with Gasteiger partial charge in [0.1, 0.15) is 5.75 Å². The van der Waals surface area contributed by atoms with Crippen LogP contribution in [0, 0.1) is 0 Å². The summed E-state index contributed by atoms with van der Waals surface area (Å²) in [4.78, 5) is 9.43. The predicted octanol–water partition coefficient (Wildman–Crippen LogP) is 5.56. The molecule has 0 spiro atoms. The first kappa shape index (κ1) is 16.8. The van der Waals surface area contributed by atoms with Gasteiger partial charge in [0.25, 0.3) is 0 Å². The Morgan fingerprint density at radius 2 is 1.19 bits per heavy atom. The molecule has 0 saturated heterocycles. The largest absolute Gasteiger partial charge is 0.497 e. The van der Waals surface area contributed by atoms with Gasteiger partial charge in [-0.1, -0.05) is 60.7 Å². The molecule has 0 unspecified atom stereocenters. The van der Waals surface area contributed by atoms with Crippen LogP contribution in [0.3, 0.4) is 0 Å². The van der Waals surface area contributed by atoms with Crippen LogP contribution in [-0.4, -0.2) is 17.1 Å². The van der Waals surface area contributed by atoms with Crippen molar-refractivity contribution in [3.8, 4) is 28.3 Å². The van der Waals surface area contributed by atoms with E-state index in [0.717, 1.165) is 34.0 Å². The first-order valence-electron chi connectivity index (χ1n) is 8.73. The summed E-state index contributed by atoms with van der Waals surface area (Å²) in [6.07, 6.45) is 0. The summed E-state index contributed by atoms with van der Waals surface area (Å²) in [5.41, 5.74) is 4.76. The van der Waals surface area contributed by atoms with Crippen LogP contribution in [0.5, 0.6) is 5.75 Å². The van der Waals surface area contributed by atoms with Crippen LogP contribution >= 0.6 is 0 Å². The van der Waals surface area contributed by atoms with Gasteiger partial charge in [-0.2, -0.15) is 0 Å². The predicted molar refractivity (Wildman–Crippen MR) is 109 cm³/mol. The number of nitrogens with zero attached hydrogens (tertiary/aromatic N) is 2. The quantitative estimate of drug-likeness (QED) is 0.510. The van der Waals surface area contributed by atoms with Gasteiger partial charge < -0.3 is 10.1 Å². The summed E-state index contributed by atoms with van der Waals surface area (Å²) in [7, 11) is 1.65. The Hall–Kier alpha value is -3.66. The molecule has 0 saturated carbocycles. The molecule has 4 nitrogen and oxygen atoms in total. The molecule has 1 heterocycles. The van der Waals surface area contributed by atoms with E-state index in [1.54, 1.807) is 7.11 Å². The van der Waals surface area contributed by atoms with E-state index in [0.29, 0.717) is 5.95 Å². The summed E-state index contributed by atoms with van der Waals surface area (Å²) < 4.78 is 5.21. The Morgan fingerprint density at radius 1 is 0.667 bits per heavy atom. The number of hydrogen-bond donors (Lipinski definition) is 1.